The Morgan fingerprint density at radius 2 is 1.83 bits per heavy atom. The Labute approximate surface area is 214 Å². The van der Waals surface area contributed by atoms with Crippen molar-refractivity contribution in [3.05, 3.63) is 88.1 Å². The number of nitrogens with one attached hydrogen (secondary N) is 3. The molecule has 8 heteroatoms. The molecular weight excluding hydrogens is 472 g/mol. The average Bonchev–Trinajstić information content (AvgIpc) is 3.58. The average molecular weight is 503 g/mol. The molecule has 186 valence electrons. The van der Waals surface area contributed by atoms with Crippen LogP contribution in [-0.2, 0) is 16.0 Å². The van der Waals surface area contributed by atoms with E-state index in [2.05, 4.69) is 16.7 Å². The highest BCUT2D eigenvalue weighted by molar-refractivity contribution is 7.10. The van der Waals surface area contributed by atoms with Crippen molar-refractivity contribution >= 4 is 34.6 Å². The van der Waals surface area contributed by atoms with Gasteiger partial charge < -0.3 is 15.8 Å². The van der Waals surface area contributed by atoms with Crippen LogP contribution in [-0.4, -0.2) is 30.2 Å². The van der Waals surface area contributed by atoms with Crippen LogP contribution in [0.3, 0.4) is 0 Å². The molecule has 0 spiro atoms. The molecule has 5 N–H and O–H groups in total. The van der Waals surface area contributed by atoms with Gasteiger partial charge in [0.25, 0.3) is 0 Å². The second-order valence-corrected chi connectivity index (χ2v) is 9.65. The normalized spacial score (nSPS) is 15.4. The first kappa shape index (κ1) is 25.3. The number of para-hydroxylation sites is 1. The van der Waals surface area contributed by atoms with E-state index in [4.69, 9.17) is 15.9 Å². The summed E-state index contributed by atoms with van der Waals surface area (Å²) in [7, 11) is 0. The molecule has 7 nitrogen and oxygen atoms in total. The lowest BCUT2D eigenvalue weighted by Crippen LogP contribution is -2.43. The number of allylic oxidation sites excluding steroid dienone is 2. The number of thiophene rings is 1. The minimum Gasteiger partial charge on any atom is -0.457 e. The van der Waals surface area contributed by atoms with E-state index in [1.54, 1.807) is 11.3 Å². The molecule has 0 saturated carbocycles. The summed E-state index contributed by atoms with van der Waals surface area (Å²) >= 11 is 1.55. The minimum atomic E-state index is -0.282. The Hall–Kier alpha value is -3.75. The molecule has 1 aliphatic heterocycles. The maximum absolute atomic E-state index is 12.5. The van der Waals surface area contributed by atoms with Gasteiger partial charge in [-0.2, -0.15) is 0 Å². The molecule has 0 unspecified atom stereocenters. The number of hydrogen-bond acceptors (Lipinski definition) is 6. The van der Waals surface area contributed by atoms with E-state index in [1.807, 2.05) is 66.0 Å². The van der Waals surface area contributed by atoms with Crippen molar-refractivity contribution in [3.63, 3.8) is 0 Å². The van der Waals surface area contributed by atoms with Crippen LogP contribution in [0.15, 0.2) is 72.1 Å². The van der Waals surface area contributed by atoms with Crippen LogP contribution < -0.4 is 21.1 Å². The molecule has 2 amide bonds. The summed E-state index contributed by atoms with van der Waals surface area (Å²) in [5.74, 6) is 1.01. The van der Waals surface area contributed by atoms with Gasteiger partial charge in [-0.15, -0.1) is 11.3 Å². The topological polar surface area (TPSA) is 117 Å². The van der Waals surface area contributed by atoms with Gasteiger partial charge >= 0.3 is 0 Å². The van der Waals surface area contributed by atoms with E-state index in [-0.39, 0.29) is 30.1 Å². The van der Waals surface area contributed by atoms with Gasteiger partial charge in [-0.25, -0.2) is 0 Å². The van der Waals surface area contributed by atoms with E-state index in [0.29, 0.717) is 18.4 Å². The summed E-state index contributed by atoms with van der Waals surface area (Å²) in [4.78, 5) is 25.9. The van der Waals surface area contributed by atoms with Crippen molar-refractivity contribution in [1.82, 2.24) is 10.6 Å². The molecule has 0 radical (unpaired) electrons. The number of imide groups is 1. The van der Waals surface area contributed by atoms with Gasteiger partial charge in [-0.3, -0.25) is 20.3 Å². The standard InChI is InChI=1S/C28H30N4O3S/c29-27(30)21-17-24(36-18-21)14-10-20(11-15-26(33)32-28(34)25-7-4-16-31-25)19-8-12-23(13-9-19)35-22-5-2-1-3-6-22/h1-3,5-6,8-10,12-13,17-18,25,31H,4,7,11,14-16H2,(H3,29,30)(H,32,33,34)/t25-/m0/s1. The lowest BCUT2D eigenvalue weighted by molar-refractivity contribution is -0.131. The van der Waals surface area contributed by atoms with Crippen LogP contribution in [0, 0.1) is 5.41 Å². The number of benzene rings is 2. The molecule has 1 aliphatic rings. The molecule has 0 bridgehead atoms. The van der Waals surface area contributed by atoms with Crippen LogP contribution >= 0.6 is 11.3 Å². The van der Waals surface area contributed by atoms with Crippen molar-refractivity contribution in [2.24, 2.45) is 5.73 Å². The first-order valence-electron chi connectivity index (χ1n) is 12.0. The van der Waals surface area contributed by atoms with E-state index in [1.165, 1.54) is 0 Å². The first-order valence-corrected chi connectivity index (χ1v) is 12.9. The molecule has 1 atom stereocenters. The Kier molecular flexibility index (Phi) is 8.65. The van der Waals surface area contributed by atoms with E-state index >= 15 is 0 Å². The third kappa shape index (κ3) is 7.13. The van der Waals surface area contributed by atoms with Crippen LogP contribution in [0.4, 0.5) is 0 Å². The molecule has 0 aliphatic carbocycles. The van der Waals surface area contributed by atoms with Gasteiger partial charge in [0, 0.05) is 28.7 Å². The first-order chi connectivity index (χ1) is 17.5. The minimum absolute atomic E-state index is 0.0498. The summed E-state index contributed by atoms with van der Waals surface area (Å²) in [6.45, 7) is 0.803. The van der Waals surface area contributed by atoms with Crippen LogP contribution in [0.5, 0.6) is 11.5 Å². The predicted molar refractivity (Wildman–Crippen MR) is 143 cm³/mol. The van der Waals surface area contributed by atoms with Gasteiger partial charge in [-0.1, -0.05) is 36.4 Å². The predicted octanol–water partition coefficient (Wildman–Crippen LogP) is 4.63. The molecule has 1 fully saturated rings. The Bertz CT molecular complexity index is 1230. The Morgan fingerprint density at radius 3 is 2.50 bits per heavy atom. The fourth-order valence-corrected chi connectivity index (χ4v) is 4.87. The number of nitrogen functional groups attached to an aromatic ring is 1. The fourth-order valence-electron chi connectivity index (χ4n) is 4.02. The third-order valence-electron chi connectivity index (χ3n) is 5.98. The van der Waals surface area contributed by atoms with Crippen molar-refractivity contribution in [1.29, 1.82) is 5.41 Å². The molecular formula is C28H30N4O3S. The highest BCUT2D eigenvalue weighted by atomic mass is 32.1. The molecule has 1 saturated heterocycles. The quantitative estimate of drug-likeness (QED) is 0.238. The zero-order valence-electron chi connectivity index (χ0n) is 20.0. The lowest BCUT2D eigenvalue weighted by Gasteiger charge is -2.12. The van der Waals surface area contributed by atoms with Crippen molar-refractivity contribution < 1.29 is 14.3 Å². The SMILES string of the molecule is N=C(N)c1csc(CC=C(CCC(=O)NC(=O)[C@@H]2CCCN2)c2ccc(Oc3ccccc3)cc2)c1. The number of carbonyl (C=O) groups is 2. The monoisotopic (exact) mass is 502 g/mol. The number of amides is 2. The number of nitrogens with two attached hydrogens (primary N) is 1. The molecule has 2 aromatic carbocycles. The van der Waals surface area contributed by atoms with Crippen molar-refractivity contribution in [3.8, 4) is 11.5 Å². The van der Waals surface area contributed by atoms with Crippen LogP contribution in [0.1, 0.15) is 41.7 Å². The maximum Gasteiger partial charge on any atom is 0.243 e. The number of rotatable bonds is 10. The second-order valence-electron chi connectivity index (χ2n) is 8.65. The zero-order valence-corrected chi connectivity index (χ0v) is 20.8. The molecule has 36 heavy (non-hydrogen) atoms. The number of amidine groups is 1. The molecule has 3 aromatic rings. The lowest BCUT2D eigenvalue weighted by atomic mass is 9.99. The molecule has 1 aromatic heterocycles. The third-order valence-corrected chi connectivity index (χ3v) is 6.94. The highest BCUT2D eigenvalue weighted by Gasteiger charge is 2.23. The van der Waals surface area contributed by atoms with Crippen molar-refractivity contribution in [2.75, 3.05) is 6.54 Å². The van der Waals surface area contributed by atoms with Crippen LogP contribution in [0.2, 0.25) is 0 Å². The highest BCUT2D eigenvalue weighted by Crippen LogP contribution is 2.27. The maximum atomic E-state index is 12.5. The Balaban J connectivity index is 1.45. The Morgan fingerprint density at radius 1 is 1.08 bits per heavy atom. The summed E-state index contributed by atoms with van der Waals surface area (Å²) in [6, 6.07) is 19.0. The fraction of sp³-hybridized carbons (Fsp3) is 0.250. The van der Waals surface area contributed by atoms with Gasteiger partial charge in [-0.05, 0) is 67.3 Å². The zero-order chi connectivity index (χ0) is 25.3. The smallest absolute Gasteiger partial charge is 0.243 e. The van der Waals surface area contributed by atoms with E-state index in [9.17, 15) is 9.59 Å². The summed E-state index contributed by atoms with van der Waals surface area (Å²) in [5, 5.41) is 15.1. The number of ether oxygens (including phenoxy) is 1. The summed E-state index contributed by atoms with van der Waals surface area (Å²) in [6.07, 6.45) is 5.14. The van der Waals surface area contributed by atoms with Gasteiger partial charge in [0.05, 0.1) is 6.04 Å². The second kappa shape index (κ2) is 12.3. The number of hydrogen-bond donors (Lipinski definition) is 4. The molecule has 4 rings (SSSR count). The largest absolute Gasteiger partial charge is 0.457 e. The number of carbonyl (C=O) groups excluding carboxylic acids is 2. The van der Waals surface area contributed by atoms with E-state index < -0.39 is 0 Å². The van der Waals surface area contributed by atoms with Crippen LogP contribution in [0.25, 0.3) is 5.57 Å². The van der Waals surface area contributed by atoms with Crippen molar-refractivity contribution in [2.45, 2.75) is 38.1 Å². The summed E-state index contributed by atoms with van der Waals surface area (Å²) < 4.78 is 5.90. The molecule has 2 heterocycles. The van der Waals surface area contributed by atoms with Gasteiger partial charge in [0.2, 0.25) is 11.8 Å². The van der Waals surface area contributed by atoms with Gasteiger partial charge in [0.15, 0.2) is 0 Å². The van der Waals surface area contributed by atoms with E-state index in [0.717, 1.165) is 46.9 Å². The van der Waals surface area contributed by atoms with Gasteiger partial charge in [0.1, 0.15) is 17.3 Å². The summed E-state index contributed by atoms with van der Waals surface area (Å²) in [5.41, 5.74) is 8.29.